The van der Waals surface area contributed by atoms with Gasteiger partial charge in [0.25, 0.3) is 0 Å². The van der Waals surface area contributed by atoms with Crippen LogP contribution in [0.25, 0.3) is 0 Å². The lowest BCUT2D eigenvalue weighted by Crippen LogP contribution is -2.10. The van der Waals surface area contributed by atoms with Crippen LogP contribution in [-0.2, 0) is 18.3 Å². The molecule has 0 amide bonds. The second-order valence-corrected chi connectivity index (χ2v) is 7.53. The van der Waals surface area contributed by atoms with Crippen LogP contribution in [-0.4, -0.2) is 30.5 Å². The molecule has 0 atom stereocenters. The standard InChI is InChI=1S/C9H14BrN2O5PS/c1-3-16-18(14,17-4-2)5-15-8(13)6-7(10)19-9(11)12-6/h3-5H2,1-2H3,(H2,11,12). The van der Waals surface area contributed by atoms with E-state index in [0.29, 0.717) is 3.79 Å². The van der Waals surface area contributed by atoms with Crippen molar-refractivity contribution in [3.63, 3.8) is 0 Å². The van der Waals surface area contributed by atoms with Crippen molar-refractivity contribution in [3.8, 4) is 0 Å². The number of hydrogen-bond donors (Lipinski definition) is 1. The van der Waals surface area contributed by atoms with Gasteiger partial charge in [-0.15, -0.1) is 0 Å². The van der Waals surface area contributed by atoms with Crippen molar-refractivity contribution in [1.29, 1.82) is 0 Å². The number of aromatic nitrogens is 1. The fourth-order valence-corrected chi connectivity index (χ4v) is 3.73. The minimum absolute atomic E-state index is 0.0436. The maximum atomic E-state index is 12.1. The molecule has 1 rings (SSSR count). The zero-order valence-electron chi connectivity index (χ0n) is 10.4. The summed E-state index contributed by atoms with van der Waals surface area (Å²) in [5.41, 5.74) is 5.50. The lowest BCUT2D eigenvalue weighted by Gasteiger charge is -2.16. The zero-order chi connectivity index (χ0) is 14.5. The van der Waals surface area contributed by atoms with Crippen molar-refractivity contribution in [3.05, 3.63) is 9.48 Å². The van der Waals surface area contributed by atoms with E-state index >= 15 is 0 Å². The van der Waals surface area contributed by atoms with Gasteiger partial charge >= 0.3 is 13.6 Å². The number of rotatable bonds is 7. The van der Waals surface area contributed by atoms with Crippen molar-refractivity contribution in [2.24, 2.45) is 0 Å². The van der Waals surface area contributed by atoms with Crippen LogP contribution in [0, 0.1) is 0 Å². The Balaban J connectivity index is 2.67. The molecule has 2 N–H and O–H groups in total. The number of nitrogens with two attached hydrogens (primary N) is 1. The van der Waals surface area contributed by atoms with Crippen LogP contribution < -0.4 is 5.73 Å². The van der Waals surface area contributed by atoms with Gasteiger partial charge in [-0.2, -0.15) is 0 Å². The van der Waals surface area contributed by atoms with Gasteiger partial charge in [0.15, 0.2) is 17.2 Å². The van der Waals surface area contributed by atoms with Crippen molar-refractivity contribution >= 4 is 46.0 Å². The Morgan fingerprint density at radius 2 is 2.00 bits per heavy atom. The molecule has 0 unspecified atom stereocenters. The summed E-state index contributed by atoms with van der Waals surface area (Å²) in [4.78, 5) is 15.5. The number of ether oxygens (including phenoxy) is 1. The fraction of sp³-hybridized carbons (Fsp3) is 0.556. The average molecular weight is 373 g/mol. The number of esters is 1. The van der Waals surface area contributed by atoms with E-state index in [1.54, 1.807) is 13.8 Å². The second kappa shape index (κ2) is 7.35. The van der Waals surface area contributed by atoms with E-state index in [0.717, 1.165) is 11.3 Å². The molecule has 0 aliphatic rings. The molecule has 0 bridgehead atoms. The highest BCUT2D eigenvalue weighted by Crippen LogP contribution is 2.48. The number of nitrogens with zero attached hydrogens (tertiary/aromatic N) is 1. The Labute approximate surface area is 123 Å². The number of halogens is 1. The van der Waals surface area contributed by atoms with Crippen LogP contribution in [0.5, 0.6) is 0 Å². The van der Waals surface area contributed by atoms with Gasteiger partial charge in [0.1, 0.15) is 3.79 Å². The molecule has 0 aromatic carbocycles. The lowest BCUT2D eigenvalue weighted by atomic mass is 10.5. The molecule has 108 valence electrons. The second-order valence-electron chi connectivity index (χ2n) is 3.18. The van der Waals surface area contributed by atoms with Gasteiger partial charge in [-0.1, -0.05) is 11.3 Å². The Morgan fingerprint density at radius 1 is 1.42 bits per heavy atom. The summed E-state index contributed by atoms with van der Waals surface area (Å²) in [6.07, 6.45) is -0.461. The van der Waals surface area contributed by atoms with Crippen LogP contribution in [0.3, 0.4) is 0 Å². The number of hydrogen-bond acceptors (Lipinski definition) is 8. The van der Waals surface area contributed by atoms with Crippen molar-refractivity contribution in [1.82, 2.24) is 4.98 Å². The molecule has 0 radical (unpaired) electrons. The molecular formula is C9H14BrN2O5PS. The average Bonchev–Trinajstić information content (AvgIpc) is 2.66. The highest BCUT2D eigenvalue weighted by atomic mass is 79.9. The monoisotopic (exact) mass is 372 g/mol. The molecule has 1 aromatic rings. The van der Waals surface area contributed by atoms with Crippen molar-refractivity contribution < 1.29 is 23.1 Å². The summed E-state index contributed by atoms with van der Waals surface area (Å²) in [5.74, 6) is -0.737. The summed E-state index contributed by atoms with van der Waals surface area (Å²) in [7, 11) is -3.42. The molecule has 0 saturated heterocycles. The van der Waals surface area contributed by atoms with E-state index in [9.17, 15) is 9.36 Å². The third-order valence-electron chi connectivity index (χ3n) is 1.80. The van der Waals surface area contributed by atoms with Crippen molar-refractivity contribution in [2.45, 2.75) is 13.8 Å². The number of carbonyl (C=O) groups is 1. The summed E-state index contributed by atoms with van der Waals surface area (Å²) in [6, 6.07) is 0. The van der Waals surface area contributed by atoms with Gasteiger partial charge in [-0.3, -0.25) is 4.57 Å². The number of nitrogen functional groups attached to an aromatic ring is 1. The fourth-order valence-electron chi connectivity index (χ4n) is 1.15. The van der Waals surface area contributed by atoms with Crippen LogP contribution in [0.15, 0.2) is 3.79 Å². The molecule has 1 aromatic heterocycles. The maximum absolute atomic E-state index is 12.1. The Morgan fingerprint density at radius 3 is 2.42 bits per heavy atom. The molecule has 10 heteroatoms. The summed E-state index contributed by atoms with van der Waals surface area (Å²) in [6.45, 7) is 3.74. The lowest BCUT2D eigenvalue weighted by molar-refractivity contribution is 0.0525. The molecule has 1 heterocycles. The number of carbonyl (C=O) groups excluding carboxylic acids is 1. The van der Waals surface area contributed by atoms with Crippen LogP contribution in [0.4, 0.5) is 5.13 Å². The molecule has 0 aliphatic carbocycles. The first kappa shape index (κ1) is 16.6. The molecule has 0 fully saturated rings. The maximum Gasteiger partial charge on any atom is 0.367 e. The van der Waals surface area contributed by atoms with Gasteiger partial charge < -0.3 is 19.5 Å². The van der Waals surface area contributed by atoms with E-state index in [2.05, 4.69) is 20.9 Å². The smallest absolute Gasteiger partial charge is 0.367 e. The van der Waals surface area contributed by atoms with E-state index in [1.165, 1.54) is 0 Å². The van der Waals surface area contributed by atoms with Gasteiger partial charge in [0.2, 0.25) is 0 Å². The van der Waals surface area contributed by atoms with Gasteiger partial charge in [0.05, 0.1) is 13.2 Å². The third kappa shape index (κ3) is 4.85. The topological polar surface area (TPSA) is 101 Å². The Bertz CT molecular complexity index is 485. The minimum Gasteiger partial charge on any atom is -0.448 e. The van der Waals surface area contributed by atoms with Gasteiger partial charge in [-0.05, 0) is 29.8 Å². The Hall–Kier alpha value is -0.470. The highest BCUT2D eigenvalue weighted by molar-refractivity contribution is 9.11. The molecule has 0 aliphatic heterocycles. The van der Waals surface area contributed by atoms with Crippen LogP contribution in [0.2, 0.25) is 0 Å². The van der Waals surface area contributed by atoms with Gasteiger partial charge in [0, 0.05) is 0 Å². The SMILES string of the molecule is CCOP(=O)(COC(=O)c1nc(N)sc1Br)OCC. The van der Waals surface area contributed by atoms with E-state index < -0.39 is 19.9 Å². The molecular weight excluding hydrogens is 359 g/mol. The largest absolute Gasteiger partial charge is 0.448 e. The quantitative estimate of drug-likeness (QED) is 0.579. The first-order chi connectivity index (χ1) is 8.91. The predicted molar refractivity (Wildman–Crippen MR) is 75.4 cm³/mol. The minimum atomic E-state index is -3.42. The normalized spacial score (nSPS) is 11.5. The molecule has 19 heavy (non-hydrogen) atoms. The summed E-state index contributed by atoms with van der Waals surface area (Å²) >= 11 is 4.25. The van der Waals surface area contributed by atoms with E-state index in [-0.39, 0.29) is 24.0 Å². The van der Waals surface area contributed by atoms with Gasteiger partial charge in [-0.25, -0.2) is 9.78 Å². The summed E-state index contributed by atoms with van der Waals surface area (Å²) in [5, 5.41) is 0.233. The number of thiazole rings is 1. The highest BCUT2D eigenvalue weighted by Gasteiger charge is 2.27. The Kier molecular flexibility index (Phi) is 6.41. The predicted octanol–water partition coefficient (Wildman–Crippen LogP) is 2.87. The third-order valence-corrected chi connectivity index (χ3v) is 5.08. The van der Waals surface area contributed by atoms with Crippen molar-refractivity contribution in [2.75, 3.05) is 25.3 Å². The first-order valence-electron chi connectivity index (χ1n) is 5.39. The summed E-state index contributed by atoms with van der Waals surface area (Å²) < 4.78 is 27.4. The van der Waals surface area contributed by atoms with Crippen LogP contribution >= 0.6 is 34.9 Å². The zero-order valence-corrected chi connectivity index (χ0v) is 13.7. The molecule has 0 saturated carbocycles. The van der Waals surface area contributed by atoms with Crippen LogP contribution in [0.1, 0.15) is 24.3 Å². The molecule has 7 nitrogen and oxygen atoms in total. The van der Waals surface area contributed by atoms with E-state index in [4.69, 9.17) is 19.5 Å². The number of anilines is 1. The first-order valence-corrected chi connectivity index (χ1v) is 8.72. The molecule has 0 spiro atoms. The van der Waals surface area contributed by atoms with E-state index in [1.807, 2.05) is 0 Å².